The molecular formula is C26H22F2N6O2. The van der Waals surface area contributed by atoms with Crippen molar-refractivity contribution in [1.29, 1.82) is 5.26 Å². The number of halogens is 2. The Morgan fingerprint density at radius 2 is 2.00 bits per heavy atom. The second-order valence-corrected chi connectivity index (χ2v) is 9.40. The molecule has 1 saturated carbocycles. The van der Waals surface area contributed by atoms with Gasteiger partial charge in [-0.15, -0.1) is 0 Å². The first-order chi connectivity index (χ1) is 17.4. The van der Waals surface area contributed by atoms with Crippen LogP contribution in [0.3, 0.4) is 0 Å². The van der Waals surface area contributed by atoms with Gasteiger partial charge in [0.1, 0.15) is 11.5 Å². The van der Waals surface area contributed by atoms with Gasteiger partial charge in [0.25, 0.3) is 5.56 Å². The number of fused-ring (bicyclic) bond motifs is 1. The molecule has 8 nitrogen and oxygen atoms in total. The van der Waals surface area contributed by atoms with Crippen LogP contribution in [-0.4, -0.2) is 30.8 Å². The van der Waals surface area contributed by atoms with Gasteiger partial charge in [-0.3, -0.25) is 13.9 Å². The Kier molecular flexibility index (Phi) is 5.38. The molecule has 4 aromatic rings. The molecule has 2 aliphatic rings. The lowest BCUT2D eigenvalue weighted by atomic mass is 9.90. The molecule has 36 heavy (non-hydrogen) atoms. The van der Waals surface area contributed by atoms with E-state index in [0.29, 0.717) is 31.2 Å². The van der Waals surface area contributed by atoms with E-state index in [1.165, 1.54) is 25.3 Å². The summed E-state index contributed by atoms with van der Waals surface area (Å²) in [6.07, 6.45) is 8.62. The van der Waals surface area contributed by atoms with Crippen molar-refractivity contribution in [3.63, 3.8) is 0 Å². The van der Waals surface area contributed by atoms with Gasteiger partial charge in [0.05, 0.1) is 41.4 Å². The van der Waals surface area contributed by atoms with Gasteiger partial charge in [0.15, 0.2) is 5.65 Å². The third-order valence-corrected chi connectivity index (χ3v) is 6.91. The number of ether oxygens (including phenoxy) is 1. The number of hydrogen-bond acceptors (Lipinski definition) is 6. The van der Waals surface area contributed by atoms with Gasteiger partial charge >= 0.3 is 0 Å². The second-order valence-electron chi connectivity index (χ2n) is 9.40. The summed E-state index contributed by atoms with van der Waals surface area (Å²) in [6, 6.07) is 6.38. The van der Waals surface area contributed by atoms with Gasteiger partial charge in [0.2, 0.25) is 5.82 Å². The number of nitriles is 1. The van der Waals surface area contributed by atoms with Crippen LogP contribution in [0.5, 0.6) is 0 Å². The number of hydrogen-bond donors (Lipinski definition) is 0. The van der Waals surface area contributed by atoms with Gasteiger partial charge in [-0.1, -0.05) is 0 Å². The number of aryl methyl sites for hydroxylation is 1. The van der Waals surface area contributed by atoms with Crippen molar-refractivity contribution in [3.8, 4) is 17.3 Å². The molecule has 0 spiro atoms. The van der Waals surface area contributed by atoms with E-state index in [1.54, 1.807) is 0 Å². The summed E-state index contributed by atoms with van der Waals surface area (Å²) in [5.41, 5.74) is 0.959. The molecule has 2 fully saturated rings. The Balaban J connectivity index is 1.45. The molecule has 4 heterocycles. The Morgan fingerprint density at radius 3 is 2.75 bits per heavy atom. The fourth-order valence-electron chi connectivity index (χ4n) is 4.76. The lowest BCUT2D eigenvalue weighted by molar-refractivity contribution is 0.00454. The van der Waals surface area contributed by atoms with Crippen molar-refractivity contribution >= 4 is 5.65 Å². The molecule has 0 unspecified atom stereocenters. The molecule has 2 atom stereocenters. The number of rotatable bonds is 4. The molecular weight excluding hydrogens is 466 g/mol. The zero-order valence-corrected chi connectivity index (χ0v) is 19.5. The average Bonchev–Trinajstić information content (AvgIpc) is 3.63. The van der Waals surface area contributed by atoms with E-state index >= 15 is 4.39 Å². The quantitative estimate of drug-likeness (QED) is 0.423. The summed E-state index contributed by atoms with van der Waals surface area (Å²) >= 11 is 0. The summed E-state index contributed by atoms with van der Waals surface area (Å²) < 4.78 is 38.7. The molecule has 1 aliphatic carbocycles. The molecule has 0 bridgehead atoms. The molecule has 0 radical (unpaired) electrons. The van der Waals surface area contributed by atoms with E-state index in [9.17, 15) is 9.18 Å². The minimum absolute atomic E-state index is 0.0561. The van der Waals surface area contributed by atoms with Gasteiger partial charge < -0.3 is 4.74 Å². The van der Waals surface area contributed by atoms with Crippen molar-refractivity contribution in [2.75, 3.05) is 6.61 Å². The molecule has 3 aromatic heterocycles. The maximum absolute atomic E-state index is 15.1. The predicted octanol–water partition coefficient (Wildman–Crippen LogP) is 4.38. The highest BCUT2D eigenvalue weighted by Crippen LogP contribution is 2.40. The van der Waals surface area contributed by atoms with Crippen LogP contribution in [-0.2, 0) is 4.74 Å². The average molecular weight is 488 g/mol. The summed E-state index contributed by atoms with van der Waals surface area (Å²) in [4.78, 5) is 21.8. The van der Waals surface area contributed by atoms with Gasteiger partial charge in [-0.25, -0.2) is 14.4 Å². The normalized spacial score (nSPS) is 19.9. The topological polar surface area (TPSA) is 98.1 Å². The van der Waals surface area contributed by atoms with Crippen molar-refractivity contribution in [2.45, 2.75) is 50.7 Å². The molecule has 1 aliphatic heterocycles. The monoisotopic (exact) mass is 488 g/mol. The third kappa shape index (κ3) is 3.85. The van der Waals surface area contributed by atoms with Gasteiger partial charge in [0, 0.05) is 36.0 Å². The highest BCUT2D eigenvalue weighted by atomic mass is 19.1. The zero-order valence-electron chi connectivity index (χ0n) is 19.5. The van der Waals surface area contributed by atoms with Gasteiger partial charge in [-0.05, 0) is 50.8 Å². The van der Waals surface area contributed by atoms with Crippen LogP contribution in [0.25, 0.3) is 16.9 Å². The second kappa shape index (κ2) is 8.60. The lowest BCUT2D eigenvalue weighted by Gasteiger charge is -2.29. The van der Waals surface area contributed by atoms with Crippen LogP contribution in [0.4, 0.5) is 8.78 Å². The van der Waals surface area contributed by atoms with Crippen LogP contribution in [0.1, 0.15) is 66.3 Å². The molecule has 10 heteroatoms. The molecule has 1 saturated heterocycles. The fourth-order valence-corrected chi connectivity index (χ4v) is 4.76. The first kappa shape index (κ1) is 22.5. The first-order valence-corrected chi connectivity index (χ1v) is 11.9. The summed E-state index contributed by atoms with van der Waals surface area (Å²) in [5, 5.41) is 13.6. The van der Waals surface area contributed by atoms with E-state index < -0.39 is 17.2 Å². The van der Waals surface area contributed by atoms with Crippen molar-refractivity contribution in [2.24, 2.45) is 0 Å². The Hall–Kier alpha value is -3.97. The number of nitrogens with zero attached hydrogens (tertiary/aromatic N) is 6. The summed E-state index contributed by atoms with van der Waals surface area (Å²) in [6.45, 7) is 1.86. The van der Waals surface area contributed by atoms with Crippen molar-refractivity contribution in [1.82, 2.24) is 24.1 Å². The van der Waals surface area contributed by atoms with E-state index in [-0.39, 0.29) is 40.2 Å². The third-order valence-electron chi connectivity index (χ3n) is 6.91. The molecule has 6 rings (SSSR count). The highest BCUT2D eigenvalue weighted by Gasteiger charge is 2.30. The van der Waals surface area contributed by atoms with Crippen LogP contribution in [0.2, 0.25) is 0 Å². The Morgan fingerprint density at radius 1 is 1.17 bits per heavy atom. The number of benzene rings is 1. The molecule has 182 valence electrons. The maximum atomic E-state index is 15.1. The Labute approximate surface area is 204 Å². The smallest absolute Gasteiger partial charge is 0.294 e. The minimum atomic E-state index is -0.965. The Bertz CT molecular complexity index is 1600. The van der Waals surface area contributed by atoms with Crippen LogP contribution < -0.4 is 5.56 Å². The highest BCUT2D eigenvalue weighted by molar-refractivity contribution is 5.74. The molecule has 1 aromatic carbocycles. The van der Waals surface area contributed by atoms with Gasteiger partial charge in [-0.2, -0.15) is 14.8 Å². The lowest BCUT2D eigenvalue weighted by Crippen LogP contribution is -2.24. The minimum Gasteiger partial charge on any atom is -0.373 e. The largest absolute Gasteiger partial charge is 0.373 e. The maximum Gasteiger partial charge on any atom is 0.294 e. The standard InChI is InChI=1S/C26H22F2N6O2/c1-14-23(28)26(35)33-13-21(32-24(25(33)31-14)19-5-2-15(10-29)8-20(19)27)16-6-7-36-22(9-16)17-11-30-34(12-17)18-3-4-18/h2,5,8,11-13,16,18,22H,3-4,6-7,9H2,1H3/t16-,22-/m1/s1. The number of aromatic nitrogens is 5. The van der Waals surface area contributed by atoms with E-state index in [2.05, 4.69) is 10.1 Å². The summed E-state index contributed by atoms with van der Waals surface area (Å²) in [7, 11) is 0. The summed E-state index contributed by atoms with van der Waals surface area (Å²) in [5.74, 6) is -1.75. The van der Waals surface area contributed by atoms with E-state index in [4.69, 9.17) is 15.0 Å². The zero-order chi connectivity index (χ0) is 25.0. The van der Waals surface area contributed by atoms with Crippen LogP contribution in [0, 0.1) is 29.9 Å². The molecule has 0 amide bonds. The SMILES string of the molecule is Cc1nc2c(-c3ccc(C#N)cc3F)nc([C@@H]3CCO[C@@H](c4cnn(C5CC5)c4)C3)cn2c(=O)c1F. The van der Waals surface area contributed by atoms with Crippen molar-refractivity contribution < 1.29 is 13.5 Å². The first-order valence-electron chi connectivity index (χ1n) is 11.9. The van der Waals surface area contributed by atoms with Crippen molar-refractivity contribution in [3.05, 3.63) is 81.3 Å². The molecule has 0 N–H and O–H groups in total. The van der Waals surface area contributed by atoms with E-state index in [1.807, 2.05) is 23.1 Å². The van der Waals surface area contributed by atoms with E-state index in [0.717, 1.165) is 28.9 Å². The fraction of sp³-hybridized carbons (Fsp3) is 0.346. The predicted molar refractivity (Wildman–Crippen MR) is 125 cm³/mol. The van der Waals surface area contributed by atoms with Crippen LogP contribution in [0.15, 0.2) is 41.6 Å². The van der Waals surface area contributed by atoms with Crippen LogP contribution >= 0.6 is 0 Å².